The molecule has 3 heterocycles. The quantitative estimate of drug-likeness (QED) is 0.321. The maximum absolute atomic E-state index is 12.4. The van der Waals surface area contributed by atoms with Gasteiger partial charge in [0, 0.05) is 60.5 Å². The van der Waals surface area contributed by atoms with Gasteiger partial charge in [0.25, 0.3) is 0 Å². The number of nitrogens with one attached hydrogen (secondary N) is 4. The van der Waals surface area contributed by atoms with Crippen LogP contribution in [0.25, 0.3) is 0 Å². The Labute approximate surface area is 194 Å². The van der Waals surface area contributed by atoms with Gasteiger partial charge in [-0.05, 0) is 57.3 Å². The Morgan fingerprint density at radius 2 is 2.24 bits per heavy atom. The van der Waals surface area contributed by atoms with Gasteiger partial charge in [-0.1, -0.05) is 6.08 Å². The predicted molar refractivity (Wildman–Crippen MR) is 133 cm³/mol. The first-order valence-electron chi connectivity index (χ1n) is 11.1. The van der Waals surface area contributed by atoms with Gasteiger partial charge in [-0.2, -0.15) is 0 Å². The molecule has 0 bridgehead atoms. The molecule has 1 unspecified atom stereocenters. The lowest BCUT2D eigenvalue weighted by Gasteiger charge is -2.31. The van der Waals surface area contributed by atoms with E-state index in [-0.39, 0.29) is 5.91 Å². The number of amides is 1. The van der Waals surface area contributed by atoms with Crippen LogP contribution in [0.2, 0.25) is 0 Å². The number of allylic oxidation sites excluding steroid dienone is 1. The molecular weight excluding hydrogens is 416 g/mol. The van der Waals surface area contributed by atoms with Gasteiger partial charge in [-0.25, -0.2) is 4.99 Å². The molecule has 0 saturated heterocycles. The van der Waals surface area contributed by atoms with Crippen molar-refractivity contribution in [2.45, 2.75) is 25.4 Å². The molecule has 1 aromatic carbocycles. The zero-order valence-electron chi connectivity index (χ0n) is 19.4. The number of hydrogen-bond acceptors (Lipinski definition) is 8. The number of rotatable bonds is 7. The van der Waals surface area contributed by atoms with Crippen molar-refractivity contribution in [3.8, 4) is 0 Å². The van der Waals surface area contributed by atoms with E-state index in [9.17, 15) is 4.79 Å². The van der Waals surface area contributed by atoms with Crippen LogP contribution in [-0.2, 0) is 4.79 Å². The molecule has 0 radical (unpaired) electrons. The molecule has 0 saturated carbocycles. The zero-order chi connectivity index (χ0) is 23.6. The minimum Gasteiger partial charge on any atom is -0.398 e. The van der Waals surface area contributed by atoms with Crippen molar-refractivity contribution < 1.29 is 4.79 Å². The second-order valence-corrected chi connectivity index (χ2v) is 8.93. The van der Waals surface area contributed by atoms with E-state index in [1.165, 1.54) is 11.8 Å². The molecular formula is C24H32N8O. The summed E-state index contributed by atoms with van der Waals surface area (Å²) in [7, 11) is 3.96. The Morgan fingerprint density at radius 3 is 2.94 bits per heavy atom. The summed E-state index contributed by atoms with van der Waals surface area (Å²) < 4.78 is 0. The number of anilines is 2. The summed E-state index contributed by atoms with van der Waals surface area (Å²) in [5, 5.41) is 17.7. The summed E-state index contributed by atoms with van der Waals surface area (Å²) in [6, 6.07) is 5.52. The fourth-order valence-electron chi connectivity index (χ4n) is 4.19. The summed E-state index contributed by atoms with van der Waals surface area (Å²) in [5.41, 5.74) is 10.6. The number of carbonyl (C=O) groups is 1. The first-order chi connectivity index (χ1) is 15.8. The molecule has 1 aromatic rings. The number of aliphatic imine (C=N–C) groups is 1. The van der Waals surface area contributed by atoms with Crippen LogP contribution in [0.1, 0.15) is 25.3 Å². The van der Waals surface area contributed by atoms with Crippen molar-refractivity contribution >= 4 is 29.8 Å². The topological polar surface area (TPSA) is 122 Å². The molecule has 9 nitrogen and oxygen atoms in total. The Bertz CT molecular complexity index is 1080. The van der Waals surface area contributed by atoms with Crippen molar-refractivity contribution in [2.75, 3.05) is 44.8 Å². The summed E-state index contributed by atoms with van der Waals surface area (Å²) in [6.45, 7) is 4.15. The molecule has 0 spiro atoms. The van der Waals surface area contributed by atoms with E-state index in [1.807, 2.05) is 43.0 Å². The molecule has 0 aromatic heterocycles. The van der Waals surface area contributed by atoms with Crippen LogP contribution < -0.4 is 21.7 Å². The predicted octanol–water partition coefficient (Wildman–Crippen LogP) is 1.84. The SMILES string of the molecule is CN(C)CCC(=O)N1CC=C(C2=CC3=C(Nc4ccc(N)c(C=N)c4)NC=NC3(C)N2)CC1. The highest BCUT2D eigenvalue weighted by Gasteiger charge is 2.38. The molecule has 1 amide bonds. The van der Waals surface area contributed by atoms with Crippen molar-refractivity contribution in [1.29, 1.82) is 5.41 Å². The highest BCUT2D eigenvalue weighted by molar-refractivity contribution is 5.87. The largest absolute Gasteiger partial charge is 0.398 e. The lowest BCUT2D eigenvalue weighted by atomic mass is 10.0. The van der Waals surface area contributed by atoms with E-state index in [4.69, 9.17) is 11.1 Å². The first kappa shape index (κ1) is 22.6. The van der Waals surface area contributed by atoms with E-state index < -0.39 is 5.66 Å². The monoisotopic (exact) mass is 448 g/mol. The third-order valence-electron chi connectivity index (χ3n) is 6.18. The number of carbonyl (C=O) groups excluding carboxylic acids is 1. The summed E-state index contributed by atoms with van der Waals surface area (Å²) >= 11 is 0. The summed E-state index contributed by atoms with van der Waals surface area (Å²) in [4.78, 5) is 21.0. The van der Waals surface area contributed by atoms with Gasteiger partial charge in [0.1, 0.15) is 5.82 Å². The normalized spacial score (nSPS) is 21.8. The summed E-state index contributed by atoms with van der Waals surface area (Å²) in [5.74, 6) is 1.02. The van der Waals surface area contributed by atoms with Gasteiger partial charge in [-0.3, -0.25) is 4.79 Å². The standard InChI is InChI=1S/C24H32N8O/c1-24-19(23(27-15-28-24)29-18-4-5-20(26)17(12-18)14-25)13-21(30-24)16-6-10-32(11-7-16)22(33)8-9-31(2)3/h4-6,12-15,25,29-30H,7-11,26H2,1-3H3,(H,27,28). The number of nitrogen functional groups attached to an aromatic ring is 1. The summed E-state index contributed by atoms with van der Waals surface area (Å²) in [6.07, 6.45) is 8.54. The van der Waals surface area contributed by atoms with Crippen LogP contribution >= 0.6 is 0 Å². The number of nitrogens with two attached hydrogens (primary N) is 1. The minimum atomic E-state index is -0.583. The fraction of sp³-hybridized carbons (Fsp3) is 0.375. The molecule has 1 atom stereocenters. The van der Waals surface area contributed by atoms with Crippen LogP contribution in [-0.4, -0.2) is 67.7 Å². The molecule has 3 aliphatic heterocycles. The Kier molecular flexibility index (Phi) is 6.24. The minimum absolute atomic E-state index is 0.198. The lowest BCUT2D eigenvalue weighted by molar-refractivity contribution is -0.131. The average molecular weight is 449 g/mol. The van der Waals surface area contributed by atoms with Crippen molar-refractivity contribution in [3.05, 3.63) is 58.6 Å². The van der Waals surface area contributed by atoms with Crippen molar-refractivity contribution in [1.82, 2.24) is 20.4 Å². The third kappa shape index (κ3) is 4.78. The van der Waals surface area contributed by atoms with Gasteiger partial charge >= 0.3 is 0 Å². The molecule has 174 valence electrons. The van der Waals surface area contributed by atoms with E-state index in [0.29, 0.717) is 24.2 Å². The van der Waals surface area contributed by atoms with Crippen LogP contribution in [0.15, 0.2) is 58.0 Å². The van der Waals surface area contributed by atoms with Gasteiger partial charge in [0.15, 0.2) is 5.66 Å². The Morgan fingerprint density at radius 1 is 1.42 bits per heavy atom. The number of nitrogens with zero attached hydrogens (tertiary/aromatic N) is 3. The molecule has 0 aliphatic carbocycles. The van der Waals surface area contributed by atoms with E-state index in [2.05, 4.69) is 33.1 Å². The zero-order valence-corrected chi connectivity index (χ0v) is 19.4. The van der Waals surface area contributed by atoms with Gasteiger partial charge in [-0.15, -0.1) is 0 Å². The smallest absolute Gasteiger partial charge is 0.224 e. The number of fused-ring (bicyclic) bond motifs is 1. The van der Waals surface area contributed by atoms with E-state index >= 15 is 0 Å². The molecule has 9 heteroatoms. The Hall–Kier alpha value is -3.59. The average Bonchev–Trinajstić information content (AvgIpc) is 3.17. The molecule has 6 N–H and O–H groups in total. The van der Waals surface area contributed by atoms with Crippen molar-refractivity contribution in [3.63, 3.8) is 0 Å². The van der Waals surface area contributed by atoms with E-state index in [1.54, 1.807) is 12.4 Å². The van der Waals surface area contributed by atoms with Crippen LogP contribution in [0.3, 0.4) is 0 Å². The maximum Gasteiger partial charge on any atom is 0.224 e. The van der Waals surface area contributed by atoms with Crippen LogP contribution in [0.5, 0.6) is 0 Å². The maximum atomic E-state index is 12.4. The van der Waals surface area contributed by atoms with Gasteiger partial charge < -0.3 is 36.9 Å². The van der Waals surface area contributed by atoms with E-state index in [0.717, 1.165) is 42.3 Å². The van der Waals surface area contributed by atoms with Gasteiger partial charge in [0.05, 0.1) is 6.34 Å². The number of benzene rings is 1. The molecule has 0 fully saturated rings. The lowest BCUT2D eigenvalue weighted by Crippen LogP contribution is -2.43. The second kappa shape index (κ2) is 9.11. The Balaban J connectivity index is 1.52. The first-order valence-corrected chi connectivity index (χ1v) is 11.1. The van der Waals surface area contributed by atoms with Crippen LogP contribution in [0, 0.1) is 5.41 Å². The van der Waals surface area contributed by atoms with Crippen LogP contribution in [0.4, 0.5) is 11.4 Å². The molecule has 4 rings (SSSR count). The third-order valence-corrected chi connectivity index (χ3v) is 6.18. The molecule has 33 heavy (non-hydrogen) atoms. The highest BCUT2D eigenvalue weighted by Crippen LogP contribution is 2.35. The number of hydrogen-bond donors (Lipinski definition) is 5. The van der Waals surface area contributed by atoms with Gasteiger partial charge in [0.2, 0.25) is 5.91 Å². The fourth-order valence-corrected chi connectivity index (χ4v) is 4.19. The second-order valence-electron chi connectivity index (χ2n) is 8.93. The molecule has 3 aliphatic rings. The van der Waals surface area contributed by atoms with Crippen molar-refractivity contribution in [2.24, 2.45) is 4.99 Å². The highest BCUT2D eigenvalue weighted by atomic mass is 16.2.